The highest BCUT2D eigenvalue weighted by Crippen LogP contribution is 2.33. The second-order valence-electron chi connectivity index (χ2n) is 5.46. The average Bonchev–Trinajstić information content (AvgIpc) is 2.48. The van der Waals surface area contributed by atoms with Gasteiger partial charge in [-0.3, -0.25) is 9.59 Å². The van der Waals surface area contributed by atoms with Crippen LogP contribution in [0.15, 0.2) is 5.11 Å². The summed E-state index contributed by atoms with van der Waals surface area (Å²) in [5.41, 5.74) is 8.27. The number of hydrogen-bond acceptors (Lipinski definition) is 7. The Bertz CT molecular complexity index is 463. The minimum absolute atomic E-state index is 0.00400. The first kappa shape index (κ1) is 19.2. The van der Waals surface area contributed by atoms with Gasteiger partial charge in [-0.15, -0.1) is 0 Å². The third-order valence-electron chi connectivity index (χ3n) is 3.80. The molecule has 1 aliphatic heterocycles. The number of ether oxygens (including phenoxy) is 4. The molecule has 0 aromatic rings. The molecule has 23 heavy (non-hydrogen) atoms. The molecule has 0 aromatic heterocycles. The smallest absolute Gasteiger partial charge is 0.303 e. The van der Waals surface area contributed by atoms with E-state index in [0.717, 1.165) is 0 Å². The quantitative estimate of drug-likeness (QED) is 0.231. The van der Waals surface area contributed by atoms with Crippen LogP contribution in [0, 0.1) is 11.8 Å². The van der Waals surface area contributed by atoms with Crippen molar-refractivity contribution in [2.45, 2.75) is 46.2 Å². The third-order valence-corrected chi connectivity index (χ3v) is 3.80. The summed E-state index contributed by atoms with van der Waals surface area (Å²) in [6, 6.07) is 0. The van der Waals surface area contributed by atoms with E-state index in [-0.39, 0.29) is 37.7 Å². The molecule has 0 spiro atoms. The van der Waals surface area contributed by atoms with Crippen molar-refractivity contribution < 1.29 is 28.5 Å². The fourth-order valence-electron chi connectivity index (χ4n) is 2.39. The highest BCUT2D eigenvalue weighted by atomic mass is 16.7. The molecule has 0 N–H and O–H groups in total. The monoisotopic (exact) mass is 329 g/mol. The zero-order chi connectivity index (χ0) is 17.4. The highest BCUT2D eigenvalue weighted by Gasteiger charge is 2.44. The van der Waals surface area contributed by atoms with Gasteiger partial charge in [0.15, 0.2) is 12.4 Å². The van der Waals surface area contributed by atoms with E-state index in [1.165, 1.54) is 13.8 Å². The second kappa shape index (κ2) is 9.34. The molecule has 2 unspecified atom stereocenters. The molecule has 0 saturated carbocycles. The maximum absolute atomic E-state index is 11.3. The molecule has 5 atom stereocenters. The number of azide groups is 1. The Balaban J connectivity index is 2.77. The molecular formula is C14H23N3O6. The molecule has 0 amide bonds. The van der Waals surface area contributed by atoms with Crippen molar-refractivity contribution in [3.63, 3.8) is 0 Å². The van der Waals surface area contributed by atoms with E-state index in [4.69, 9.17) is 24.5 Å². The molecular weight excluding hydrogens is 306 g/mol. The number of rotatable bonds is 7. The molecule has 0 bridgehead atoms. The Morgan fingerprint density at radius 2 is 1.91 bits per heavy atom. The molecule has 0 aliphatic carbocycles. The minimum Gasteiger partial charge on any atom is -0.463 e. The van der Waals surface area contributed by atoms with Gasteiger partial charge in [-0.25, -0.2) is 0 Å². The van der Waals surface area contributed by atoms with Crippen LogP contribution < -0.4 is 0 Å². The van der Waals surface area contributed by atoms with Crippen molar-refractivity contribution in [1.82, 2.24) is 0 Å². The van der Waals surface area contributed by atoms with E-state index in [0.29, 0.717) is 0 Å². The zero-order valence-corrected chi connectivity index (χ0v) is 13.8. The second-order valence-corrected chi connectivity index (χ2v) is 5.46. The molecule has 9 nitrogen and oxygen atoms in total. The van der Waals surface area contributed by atoms with Gasteiger partial charge in [-0.2, -0.15) is 0 Å². The zero-order valence-electron chi connectivity index (χ0n) is 13.8. The minimum atomic E-state index is -0.806. The summed E-state index contributed by atoms with van der Waals surface area (Å²) < 4.78 is 21.7. The number of nitrogens with zero attached hydrogens (tertiary/aromatic N) is 3. The topological polar surface area (TPSA) is 120 Å². The fraction of sp³-hybridized carbons (Fsp3) is 0.857. The maximum atomic E-state index is 11.3. The van der Waals surface area contributed by atoms with Crippen molar-refractivity contribution in [3.8, 4) is 0 Å². The van der Waals surface area contributed by atoms with Crippen LogP contribution in [0.4, 0.5) is 0 Å². The van der Waals surface area contributed by atoms with Crippen LogP contribution >= 0.6 is 0 Å². The van der Waals surface area contributed by atoms with E-state index < -0.39 is 24.3 Å². The number of carbonyl (C=O) groups excluding carboxylic acids is 2. The maximum Gasteiger partial charge on any atom is 0.303 e. The fourth-order valence-corrected chi connectivity index (χ4v) is 2.39. The molecule has 1 rings (SSSR count). The predicted octanol–water partition coefficient (Wildman–Crippen LogP) is 1.81. The van der Waals surface area contributed by atoms with Crippen LogP contribution in [0.5, 0.6) is 0 Å². The molecule has 9 heteroatoms. The highest BCUT2D eigenvalue weighted by molar-refractivity contribution is 5.66. The Morgan fingerprint density at radius 1 is 1.22 bits per heavy atom. The molecule has 0 aromatic carbocycles. The Morgan fingerprint density at radius 3 is 2.48 bits per heavy atom. The lowest BCUT2D eigenvalue weighted by atomic mass is 9.83. The van der Waals surface area contributed by atoms with E-state index in [1.54, 1.807) is 0 Å². The van der Waals surface area contributed by atoms with Crippen LogP contribution in [0.3, 0.4) is 0 Å². The molecule has 1 aliphatic rings. The molecule has 1 fully saturated rings. The standard InChI is InChI=1S/C14H23N3O6/c1-8-9(2)13(22-11(4)19)14(20-6-5-16-17-15)23-12(8)7-21-10(3)18/h8-9,12-14H,5-7H2,1-4H3/t8-,9-,12?,13?,14-/m0/s1. The van der Waals surface area contributed by atoms with Crippen molar-refractivity contribution >= 4 is 11.9 Å². The van der Waals surface area contributed by atoms with Crippen molar-refractivity contribution in [2.24, 2.45) is 17.0 Å². The lowest BCUT2D eigenvalue weighted by Crippen LogP contribution is -2.53. The summed E-state index contributed by atoms with van der Waals surface area (Å²) in [4.78, 5) is 24.9. The molecule has 0 radical (unpaired) electrons. The van der Waals surface area contributed by atoms with Crippen LogP contribution in [0.2, 0.25) is 0 Å². The van der Waals surface area contributed by atoms with Gasteiger partial charge in [0, 0.05) is 31.2 Å². The first-order valence-corrected chi connectivity index (χ1v) is 7.45. The Labute approximate surface area is 134 Å². The van der Waals surface area contributed by atoms with Crippen LogP contribution in [-0.4, -0.2) is 50.2 Å². The van der Waals surface area contributed by atoms with Crippen molar-refractivity contribution in [1.29, 1.82) is 0 Å². The summed E-state index contributed by atoms with van der Waals surface area (Å²) in [5.74, 6) is -0.885. The lowest BCUT2D eigenvalue weighted by molar-refractivity contribution is -0.279. The van der Waals surface area contributed by atoms with Gasteiger partial charge in [0.1, 0.15) is 6.61 Å². The van der Waals surface area contributed by atoms with Gasteiger partial charge in [0.05, 0.1) is 12.7 Å². The summed E-state index contributed by atoms with van der Waals surface area (Å²) in [6.07, 6.45) is -1.76. The van der Waals surface area contributed by atoms with Crippen molar-refractivity contribution in [2.75, 3.05) is 19.8 Å². The molecule has 1 heterocycles. The van der Waals surface area contributed by atoms with E-state index >= 15 is 0 Å². The summed E-state index contributed by atoms with van der Waals surface area (Å²) in [7, 11) is 0. The largest absolute Gasteiger partial charge is 0.463 e. The normalized spacial score (nSPS) is 30.2. The van der Waals surface area contributed by atoms with E-state index in [9.17, 15) is 9.59 Å². The summed E-state index contributed by atoms with van der Waals surface area (Å²) >= 11 is 0. The Kier molecular flexibility index (Phi) is 7.80. The number of carbonyl (C=O) groups is 2. The Hall–Kier alpha value is -1.83. The van der Waals surface area contributed by atoms with Gasteiger partial charge < -0.3 is 18.9 Å². The summed E-state index contributed by atoms with van der Waals surface area (Å²) in [6.45, 7) is 6.88. The SMILES string of the molecule is CC(=O)OCC1O[C@H](OCCN=[N+]=[N-])C(OC(C)=O)[C@@H](C)[C@@H]1C. The van der Waals surface area contributed by atoms with Crippen LogP contribution in [-0.2, 0) is 28.5 Å². The summed E-state index contributed by atoms with van der Waals surface area (Å²) in [5, 5.41) is 3.38. The van der Waals surface area contributed by atoms with Gasteiger partial charge in [-0.1, -0.05) is 19.0 Å². The number of esters is 2. The first-order valence-electron chi connectivity index (χ1n) is 7.45. The van der Waals surface area contributed by atoms with Gasteiger partial charge >= 0.3 is 11.9 Å². The van der Waals surface area contributed by atoms with Crippen molar-refractivity contribution in [3.05, 3.63) is 10.4 Å². The van der Waals surface area contributed by atoms with Crippen LogP contribution in [0.1, 0.15) is 27.7 Å². The first-order chi connectivity index (χ1) is 10.9. The van der Waals surface area contributed by atoms with E-state index in [2.05, 4.69) is 10.0 Å². The third kappa shape index (κ3) is 6.05. The number of hydrogen-bond donors (Lipinski definition) is 0. The van der Waals surface area contributed by atoms with Gasteiger partial charge in [0.25, 0.3) is 0 Å². The van der Waals surface area contributed by atoms with Gasteiger partial charge in [-0.05, 0) is 11.4 Å². The average molecular weight is 329 g/mol. The van der Waals surface area contributed by atoms with Gasteiger partial charge in [0.2, 0.25) is 0 Å². The van der Waals surface area contributed by atoms with Crippen LogP contribution in [0.25, 0.3) is 10.4 Å². The van der Waals surface area contributed by atoms with E-state index in [1.807, 2.05) is 13.8 Å². The lowest BCUT2D eigenvalue weighted by Gasteiger charge is -2.43. The predicted molar refractivity (Wildman–Crippen MR) is 79.1 cm³/mol. The molecule has 130 valence electrons. The molecule has 1 saturated heterocycles.